The Hall–Kier alpha value is -1.69. The zero-order valence-corrected chi connectivity index (χ0v) is 8.09. The molecular weight excluding hydrogens is 222 g/mol. The molecule has 2 heterocycles. The number of carbonyl (C=O) groups excluding carboxylic acids is 1. The average Bonchev–Trinajstić information content (AvgIpc) is 2.74. The lowest BCUT2D eigenvalue weighted by atomic mass is 10.1. The van der Waals surface area contributed by atoms with Crippen molar-refractivity contribution in [2.45, 2.75) is 0 Å². The number of hydrogen-bond donors (Lipinski definition) is 0. The molecule has 0 atom stereocenters. The average molecular weight is 226 g/mol. The quantitative estimate of drug-likeness (QED) is 0.581. The van der Waals surface area contributed by atoms with Crippen LogP contribution in [0.3, 0.4) is 0 Å². The smallest absolute Gasteiger partial charge is 0.215 e. The molecule has 0 spiro atoms. The molecule has 0 radical (unpaired) electrons. The van der Waals surface area contributed by atoms with Crippen LogP contribution in [0.2, 0.25) is 0 Å². The molecule has 15 heavy (non-hydrogen) atoms. The van der Waals surface area contributed by atoms with Gasteiger partial charge in [0.2, 0.25) is 11.7 Å². The number of aromatic nitrogens is 2. The Kier molecular flexibility index (Phi) is 2.51. The Labute approximate surface area is 87.4 Å². The number of thiazole rings is 1. The minimum absolute atomic E-state index is 0.101. The first kappa shape index (κ1) is 9.85. The van der Waals surface area contributed by atoms with Gasteiger partial charge in [-0.1, -0.05) is 0 Å². The molecule has 0 amide bonds. The van der Waals surface area contributed by atoms with Gasteiger partial charge in [-0.25, -0.2) is 14.4 Å². The van der Waals surface area contributed by atoms with Gasteiger partial charge >= 0.3 is 0 Å². The zero-order valence-electron chi connectivity index (χ0n) is 7.28. The minimum Gasteiger partial charge on any atom is -0.287 e. The normalized spacial score (nSPS) is 10.3. The molecule has 0 bridgehead atoms. The first-order valence-electron chi connectivity index (χ1n) is 3.92. The first-order chi connectivity index (χ1) is 7.18. The third kappa shape index (κ3) is 1.89. The minimum atomic E-state index is -0.894. The summed E-state index contributed by atoms with van der Waals surface area (Å²) in [5, 5.41) is 1.47. The van der Waals surface area contributed by atoms with Crippen LogP contribution in [0.25, 0.3) is 0 Å². The van der Waals surface area contributed by atoms with Gasteiger partial charge in [-0.2, -0.15) is 4.39 Å². The Bertz CT molecular complexity index is 499. The number of nitrogens with zero attached hydrogens (tertiary/aromatic N) is 2. The Morgan fingerprint density at radius 1 is 1.33 bits per heavy atom. The van der Waals surface area contributed by atoms with Crippen molar-refractivity contribution in [1.29, 1.82) is 0 Å². The molecule has 0 saturated carbocycles. The molecule has 0 fully saturated rings. The van der Waals surface area contributed by atoms with Gasteiger partial charge in [-0.3, -0.25) is 4.79 Å². The van der Waals surface area contributed by atoms with E-state index in [2.05, 4.69) is 9.97 Å². The van der Waals surface area contributed by atoms with Gasteiger partial charge in [0.05, 0.1) is 17.3 Å². The highest BCUT2D eigenvalue weighted by molar-refractivity contribution is 7.07. The highest BCUT2D eigenvalue weighted by atomic mass is 32.1. The largest absolute Gasteiger partial charge is 0.287 e. The van der Waals surface area contributed by atoms with Gasteiger partial charge < -0.3 is 0 Å². The molecule has 0 aliphatic rings. The SMILES string of the molecule is O=C(c1cscn1)c1cc(F)ncc1F. The summed E-state index contributed by atoms with van der Waals surface area (Å²) in [7, 11) is 0. The molecule has 2 aromatic rings. The van der Waals surface area contributed by atoms with E-state index in [1.165, 1.54) is 22.2 Å². The number of hydrogen-bond acceptors (Lipinski definition) is 4. The molecule has 0 N–H and O–H groups in total. The van der Waals surface area contributed by atoms with E-state index in [9.17, 15) is 13.6 Å². The van der Waals surface area contributed by atoms with Crippen molar-refractivity contribution < 1.29 is 13.6 Å². The van der Waals surface area contributed by atoms with Crippen LogP contribution in [0.5, 0.6) is 0 Å². The second kappa shape index (κ2) is 3.82. The number of halogens is 2. The van der Waals surface area contributed by atoms with E-state index in [1.807, 2.05) is 0 Å². The summed E-state index contributed by atoms with van der Waals surface area (Å²) in [6.45, 7) is 0. The van der Waals surface area contributed by atoms with Crippen molar-refractivity contribution in [3.63, 3.8) is 0 Å². The van der Waals surface area contributed by atoms with Crippen LogP contribution in [0.4, 0.5) is 8.78 Å². The number of rotatable bonds is 2. The lowest BCUT2D eigenvalue weighted by molar-refractivity contribution is 0.103. The molecule has 2 rings (SSSR count). The maximum atomic E-state index is 13.1. The predicted molar refractivity (Wildman–Crippen MR) is 49.7 cm³/mol. The van der Waals surface area contributed by atoms with E-state index in [0.29, 0.717) is 6.20 Å². The lowest BCUT2D eigenvalue weighted by Gasteiger charge is -1.98. The second-order valence-electron chi connectivity index (χ2n) is 2.69. The maximum absolute atomic E-state index is 13.1. The van der Waals surface area contributed by atoms with Crippen molar-refractivity contribution in [2.24, 2.45) is 0 Å². The maximum Gasteiger partial charge on any atom is 0.215 e. The summed E-state index contributed by atoms with van der Waals surface area (Å²) in [5.74, 6) is -2.39. The fraction of sp³-hybridized carbons (Fsp3) is 0. The molecule has 2 aromatic heterocycles. The van der Waals surface area contributed by atoms with E-state index in [4.69, 9.17) is 0 Å². The summed E-state index contributed by atoms with van der Waals surface area (Å²) in [4.78, 5) is 18.4. The number of ketones is 1. The van der Waals surface area contributed by atoms with Crippen molar-refractivity contribution in [2.75, 3.05) is 0 Å². The summed E-state index contributed by atoms with van der Waals surface area (Å²) in [6.07, 6.45) is 0.676. The van der Waals surface area contributed by atoms with Crippen LogP contribution in [-0.4, -0.2) is 15.8 Å². The molecule has 0 unspecified atom stereocenters. The molecule has 3 nitrogen and oxygen atoms in total. The standard InChI is InChI=1S/C9H4F2N2OS/c10-6-2-12-8(11)1-5(6)9(14)7-3-15-4-13-7/h1-4H. The topological polar surface area (TPSA) is 42.9 Å². The van der Waals surface area contributed by atoms with E-state index >= 15 is 0 Å². The van der Waals surface area contributed by atoms with Crippen molar-refractivity contribution in [3.05, 3.63) is 46.2 Å². The van der Waals surface area contributed by atoms with Crippen molar-refractivity contribution in [1.82, 2.24) is 9.97 Å². The predicted octanol–water partition coefficient (Wildman–Crippen LogP) is 2.05. The fourth-order valence-electron chi connectivity index (χ4n) is 1.05. The summed E-state index contributed by atoms with van der Waals surface area (Å²) in [5.41, 5.74) is 1.20. The Morgan fingerprint density at radius 3 is 2.80 bits per heavy atom. The molecule has 0 aliphatic carbocycles. The van der Waals surface area contributed by atoms with Gasteiger partial charge in [0.25, 0.3) is 0 Å². The zero-order chi connectivity index (χ0) is 10.8. The second-order valence-corrected chi connectivity index (χ2v) is 3.41. The van der Waals surface area contributed by atoms with Gasteiger partial charge in [-0.05, 0) is 0 Å². The van der Waals surface area contributed by atoms with Gasteiger partial charge in [-0.15, -0.1) is 11.3 Å². The molecule has 0 saturated heterocycles. The Morgan fingerprint density at radius 2 is 2.13 bits per heavy atom. The Balaban J connectivity index is 2.46. The van der Waals surface area contributed by atoms with E-state index in [1.54, 1.807) is 0 Å². The molecule has 6 heteroatoms. The van der Waals surface area contributed by atoms with Gasteiger partial charge in [0.1, 0.15) is 5.69 Å². The van der Waals surface area contributed by atoms with E-state index < -0.39 is 17.5 Å². The van der Waals surface area contributed by atoms with Crippen molar-refractivity contribution >= 4 is 17.1 Å². The van der Waals surface area contributed by atoms with Crippen LogP contribution in [0.1, 0.15) is 16.1 Å². The number of carbonyl (C=O) groups is 1. The molecule has 0 aliphatic heterocycles. The molecule has 76 valence electrons. The van der Waals surface area contributed by atoms with E-state index in [-0.39, 0.29) is 11.3 Å². The highest BCUT2D eigenvalue weighted by Gasteiger charge is 2.16. The van der Waals surface area contributed by atoms with Crippen LogP contribution >= 0.6 is 11.3 Å². The fourth-order valence-corrected chi connectivity index (χ4v) is 1.58. The third-order valence-corrected chi connectivity index (χ3v) is 2.32. The lowest BCUT2D eigenvalue weighted by Crippen LogP contribution is -2.06. The summed E-state index contributed by atoms with van der Waals surface area (Å²) < 4.78 is 25.8. The van der Waals surface area contributed by atoms with Crippen molar-refractivity contribution in [3.8, 4) is 0 Å². The third-order valence-electron chi connectivity index (χ3n) is 1.73. The first-order valence-corrected chi connectivity index (χ1v) is 4.86. The van der Waals surface area contributed by atoms with Crippen LogP contribution in [0, 0.1) is 11.8 Å². The number of pyridine rings is 1. The van der Waals surface area contributed by atoms with Crippen LogP contribution in [-0.2, 0) is 0 Å². The van der Waals surface area contributed by atoms with Crippen LogP contribution < -0.4 is 0 Å². The van der Waals surface area contributed by atoms with E-state index in [0.717, 1.165) is 6.07 Å². The summed E-state index contributed by atoms with van der Waals surface area (Å²) in [6, 6.07) is 0.761. The van der Waals surface area contributed by atoms with Gasteiger partial charge in [0.15, 0.2) is 5.82 Å². The highest BCUT2D eigenvalue weighted by Crippen LogP contribution is 2.13. The summed E-state index contributed by atoms with van der Waals surface area (Å²) >= 11 is 1.21. The monoisotopic (exact) mass is 226 g/mol. The van der Waals surface area contributed by atoms with Gasteiger partial charge in [0, 0.05) is 11.4 Å². The van der Waals surface area contributed by atoms with Crippen LogP contribution in [0.15, 0.2) is 23.2 Å². The molecular formula is C9H4F2N2OS. The molecule has 0 aromatic carbocycles.